The molecule has 1 aliphatic rings. The van der Waals surface area contributed by atoms with E-state index in [-0.39, 0.29) is 12.3 Å². The van der Waals surface area contributed by atoms with Crippen molar-refractivity contribution in [2.75, 3.05) is 19.8 Å². The minimum Gasteiger partial charge on any atom is -0.463 e. The average molecular weight is 312 g/mol. The van der Waals surface area contributed by atoms with E-state index in [2.05, 4.69) is 13.8 Å². The van der Waals surface area contributed by atoms with E-state index in [0.717, 1.165) is 38.9 Å². The van der Waals surface area contributed by atoms with Gasteiger partial charge in [-0.1, -0.05) is 32.8 Å². The van der Waals surface area contributed by atoms with Crippen molar-refractivity contribution in [1.29, 1.82) is 0 Å². The molecule has 0 aromatic heterocycles. The van der Waals surface area contributed by atoms with Gasteiger partial charge in [0.25, 0.3) is 0 Å². The molecule has 0 bridgehead atoms. The van der Waals surface area contributed by atoms with Crippen LogP contribution in [0.4, 0.5) is 0 Å². The Morgan fingerprint density at radius 3 is 2.59 bits per heavy atom. The van der Waals surface area contributed by atoms with Crippen LogP contribution < -0.4 is 0 Å². The SMILES string of the molecule is CCOC(=O)/C=C/[C@@H](CC)CCC[C@@H](C)CCC1OCCO1. The molecule has 2 atom stereocenters. The summed E-state index contributed by atoms with van der Waals surface area (Å²) in [6, 6.07) is 0. The Morgan fingerprint density at radius 1 is 1.23 bits per heavy atom. The lowest BCUT2D eigenvalue weighted by Gasteiger charge is -2.15. The third-order valence-corrected chi connectivity index (χ3v) is 4.17. The summed E-state index contributed by atoms with van der Waals surface area (Å²) in [5, 5.41) is 0. The summed E-state index contributed by atoms with van der Waals surface area (Å²) >= 11 is 0. The molecule has 1 fully saturated rings. The van der Waals surface area contributed by atoms with Gasteiger partial charge in [-0.05, 0) is 44.4 Å². The predicted octanol–water partition coefficient (Wildman–Crippen LogP) is 4.09. The van der Waals surface area contributed by atoms with E-state index in [1.807, 2.05) is 13.0 Å². The molecule has 0 unspecified atom stereocenters. The van der Waals surface area contributed by atoms with Crippen LogP contribution in [0.2, 0.25) is 0 Å². The molecule has 4 nitrogen and oxygen atoms in total. The average Bonchev–Trinajstić information content (AvgIpc) is 3.02. The zero-order valence-corrected chi connectivity index (χ0v) is 14.4. The molecule has 22 heavy (non-hydrogen) atoms. The summed E-state index contributed by atoms with van der Waals surface area (Å²) in [6.07, 6.45) is 10.4. The maximum Gasteiger partial charge on any atom is 0.330 e. The lowest BCUT2D eigenvalue weighted by molar-refractivity contribution is -0.137. The molecular formula is C18H32O4. The number of carbonyl (C=O) groups is 1. The van der Waals surface area contributed by atoms with Crippen LogP contribution in [0.1, 0.15) is 59.3 Å². The van der Waals surface area contributed by atoms with Crippen molar-refractivity contribution >= 4 is 5.97 Å². The van der Waals surface area contributed by atoms with Crippen molar-refractivity contribution in [2.24, 2.45) is 11.8 Å². The molecule has 0 N–H and O–H groups in total. The fraction of sp³-hybridized carbons (Fsp3) is 0.833. The van der Waals surface area contributed by atoms with Crippen molar-refractivity contribution in [1.82, 2.24) is 0 Å². The molecule has 0 spiro atoms. The fourth-order valence-corrected chi connectivity index (χ4v) is 2.71. The first-order valence-electron chi connectivity index (χ1n) is 8.73. The van der Waals surface area contributed by atoms with Gasteiger partial charge in [-0.15, -0.1) is 0 Å². The third-order valence-electron chi connectivity index (χ3n) is 4.17. The number of rotatable bonds is 11. The van der Waals surface area contributed by atoms with E-state index >= 15 is 0 Å². The van der Waals surface area contributed by atoms with Gasteiger partial charge in [0.2, 0.25) is 0 Å². The standard InChI is InChI=1S/C18H32O4/c1-4-16(10-11-17(19)20-5-2)8-6-7-15(3)9-12-18-21-13-14-22-18/h10-11,15-16,18H,4-9,12-14H2,1-3H3/b11-10+/t15-,16+/m1/s1. The Bertz CT molecular complexity index is 321. The first-order chi connectivity index (χ1) is 10.7. The highest BCUT2D eigenvalue weighted by Gasteiger charge is 2.16. The summed E-state index contributed by atoms with van der Waals surface area (Å²) < 4.78 is 15.8. The van der Waals surface area contributed by atoms with E-state index in [9.17, 15) is 4.79 Å². The maximum absolute atomic E-state index is 11.3. The lowest BCUT2D eigenvalue weighted by Crippen LogP contribution is -2.09. The Labute approximate surface area is 135 Å². The summed E-state index contributed by atoms with van der Waals surface area (Å²) in [4.78, 5) is 11.3. The quantitative estimate of drug-likeness (QED) is 0.426. The van der Waals surface area contributed by atoms with Gasteiger partial charge in [0.05, 0.1) is 19.8 Å². The normalized spacial score (nSPS) is 18.7. The maximum atomic E-state index is 11.3. The predicted molar refractivity (Wildman–Crippen MR) is 87.5 cm³/mol. The van der Waals surface area contributed by atoms with E-state index < -0.39 is 0 Å². The van der Waals surface area contributed by atoms with Gasteiger partial charge in [-0.3, -0.25) is 0 Å². The molecule has 0 amide bonds. The molecule has 0 saturated carbocycles. The molecule has 1 aliphatic heterocycles. The monoisotopic (exact) mass is 312 g/mol. The molecule has 4 heteroatoms. The lowest BCUT2D eigenvalue weighted by atomic mass is 9.93. The van der Waals surface area contributed by atoms with Crippen LogP contribution in [-0.2, 0) is 19.0 Å². The van der Waals surface area contributed by atoms with Crippen LogP contribution in [-0.4, -0.2) is 32.1 Å². The van der Waals surface area contributed by atoms with Gasteiger partial charge in [0.1, 0.15) is 0 Å². The number of hydrogen-bond acceptors (Lipinski definition) is 4. The van der Waals surface area contributed by atoms with Crippen LogP contribution >= 0.6 is 0 Å². The molecule has 0 radical (unpaired) electrons. The number of carbonyl (C=O) groups excluding carboxylic acids is 1. The second-order valence-corrected chi connectivity index (χ2v) is 6.06. The van der Waals surface area contributed by atoms with Gasteiger partial charge in [-0.25, -0.2) is 4.79 Å². The topological polar surface area (TPSA) is 44.8 Å². The molecule has 1 heterocycles. The van der Waals surface area contributed by atoms with Crippen molar-refractivity contribution < 1.29 is 19.0 Å². The van der Waals surface area contributed by atoms with E-state index in [1.165, 1.54) is 12.8 Å². The smallest absolute Gasteiger partial charge is 0.330 e. The number of ether oxygens (including phenoxy) is 3. The fourth-order valence-electron chi connectivity index (χ4n) is 2.71. The highest BCUT2D eigenvalue weighted by atomic mass is 16.7. The molecule has 0 aromatic rings. The Morgan fingerprint density at radius 2 is 1.95 bits per heavy atom. The van der Waals surface area contributed by atoms with Crippen LogP contribution in [0.15, 0.2) is 12.2 Å². The molecule has 128 valence electrons. The number of hydrogen-bond donors (Lipinski definition) is 0. The van der Waals surface area contributed by atoms with Gasteiger partial charge >= 0.3 is 5.97 Å². The molecular weight excluding hydrogens is 280 g/mol. The summed E-state index contributed by atoms with van der Waals surface area (Å²) in [7, 11) is 0. The zero-order chi connectivity index (χ0) is 16.2. The van der Waals surface area contributed by atoms with Gasteiger partial charge in [0, 0.05) is 6.08 Å². The van der Waals surface area contributed by atoms with E-state index in [1.54, 1.807) is 6.08 Å². The van der Waals surface area contributed by atoms with Crippen LogP contribution in [0, 0.1) is 11.8 Å². The highest BCUT2D eigenvalue weighted by molar-refractivity contribution is 5.81. The first-order valence-corrected chi connectivity index (χ1v) is 8.73. The molecule has 1 saturated heterocycles. The van der Waals surface area contributed by atoms with Crippen molar-refractivity contribution in [3.8, 4) is 0 Å². The molecule has 0 aromatic carbocycles. The molecule has 0 aliphatic carbocycles. The van der Waals surface area contributed by atoms with E-state index in [0.29, 0.717) is 18.4 Å². The minimum absolute atomic E-state index is 0.0263. The Kier molecular flexibility index (Phi) is 10.2. The molecule has 1 rings (SSSR count). The largest absolute Gasteiger partial charge is 0.463 e. The number of esters is 1. The van der Waals surface area contributed by atoms with Crippen molar-refractivity contribution in [3.63, 3.8) is 0 Å². The zero-order valence-electron chi connectivity index (χ0n) is 14.4. The highest BCUT2D eigenvalue weighted by Crippen LogP contribution is 2.21. The van der Waals surface area contributed by atoms with Crippen molar-refractivity contribution in [2.45, 2.75) is 65.6 Å². The van der Waals surface area contributed by atoms with Crippen molar-refractivity contribution in [3.05, 3.63) is 12.2 Å². The second kappa shape index (κ2) is 11.7. The summed E-state index contributed by atoms with van der Waals surface area (Å²) in [5.74, 6) is 0.934. The summed E-state index contributed by atoms with van der Waals surface area (Å²) in [5.41, 5.74) is 0. The van der Waals surface area contributed by atoms with Gasteiger partial charge < -0.3 is 14.2 Å². The third kappa shape index (κ3) is 8.54. The summed E-state index contributed by atoms with van der Waals surface area (Å²) in [6.45, 7) is 8.20. The van der Waals surface area contributed by atoms with Gasteiger partial charge in [-0.2, -0.15) is 0 Å². The Hall–Kier alpha value is -0.870. The second-order valence-electron chi connectivity index (χ2n) is 6.06. The van der Waals surface area contributed by atoms with Crippen LogP contribution in [0.5, 0.6) is 0 Å². The van der Waals surface area contributed by atoms with E-state index in [4.69, 9.17) is 14.2 Å². The minimum atomic E-state index is -0.231. The van der Waals surface area contributed by atoms with Crippen LogP contribution in [0.25, 0.3) is 0 Å². The Balaban J connectivity index is 2.12. The van der Waals surface area contributed by atoms with Crippen LogP contribution in [0.3, 0.4) is 0 Å². The number of allylic oxidation sites excluding steroid dienone is 1. The first kappa shape index (κ1) is 19.2. The van der Waals surface area contributed by atoms with Gasteiger partial charge in [0.15, 0.2) is 6.29 Å².